The number of nitrogens with zero attached hydrogens (tertiary/aromatic N) is 2. The number of aryl methyl sites for hydroxylation is 1. The van der Waals surface area contributed by atoms with Gasteiger partial charge in [-0.1, -0.05) is 12.1 Å². The van der Waals surface area contributed by atoms with Crippen molar-refractivity contribution in [3.05, 3.63) is 63.3 Å². The van der Waals surface area contributed by atoms with Gasteiger partial charge in [0.1, 0.15) is 11.5 Å². The number of carbonyl (C=O) groups is 1. The van der Waals surface area contributed by atoms with Crippen LogP contribution >= 0.6 is 0 Å². The van der Waals surface area contributed by atoms with Crippen molar-refractivity contribution in [1.29, 1.82) is 0 Å². The normalized spacial score (nSPS) is 17.5. The molecule has 0 radical (unpaired) electrons. The van der Waals surface area contributed by atoms with E-state index in [2.05, 4.69) is 10.2 Å². The summed E-state index contributed by atoms with van der Waals surface area (Å²) in [6, 6.07) is 7.90. The minimum Gasteiger partial charge on any atom is -0.337 e. The zero-order valence-corrected chi connectivity index (χ0v) is 12.9. The molecule has 120 valence electrons. The molecule has 23 heavy (non-hydrogen) atoms. The first-order chi connectivity index (χ1) is 11.0. The Balaban J connectivity index is 1.63. The number of carbonyl (C=O) groups excluding carboxylic acids is 1. The summed E-state index contributed by atoms with van der Waals surface area (Å²) in [6.45, 7) is 3.08. The van der Waals surface area contributed by atoms with Crippen LogP contribution in [0.3, 0.4) is 0 Å². The minimum atomic E-state index is -0.326. The maximum absolute atomic E-state index is 13.3. The minimum absolute atomic E-state index is 0.168. The molecule has 1 fully saturated rings. The Morgan fingerprint density at radius 2 is 2.22 bits per heavy atom. The zero-order chi connectivity index (χ0) is 16.4. The molecule has 1 aromatic heterocycles. The van der Waals surface area contributed by atoms with E-state index in [1.165, 1.54) is 18.2 Å². The zero-order valence-electron chi connectivity index (χ0n) is 12.9. The van der Waals surface area contributed by atoms with E-state index in [1.54, 1.807) is 17.9 Å². The Kier molecular flexibility index (Phi) is 4.23. The molecule has 1 saturated heterocycles. The molecule has 1 amide bonds. The molecular formula is C17H18FN3O2. The number of aromatic nitrogens is 2. The number of hydrogen-bond acceptors (Lipinski definition) is 3. The van der Waals surface area contributed by atoms with Crippen molar-refractivity contribution in [2.24, 2.45) is 5.92 Å². The number of benzene rings is 1. The lowest BCUT2D eigenvalue weighted by atomic mass is 9.97. The van der Waals surface area contributed by atoms with Gasteiger partial charge >= 0.3 is 0 Å². The van der Waals surface area contributed by atoms with Gasteiger partial charge in [0.2, 0.25) is 0 Å². The molecule has 1 unspecified atom stereocenters. The van der Waals surface area contributed by atoms with Crippen LogP contribution in [0.4, 0.5) is 4.39 Å². The van der Waals surface area contributed by atoms with Crippen LogP contribution in [0, 0.1) is 18.7 Å². The van der Waals surface area contributed by atoms with Crippen LogP contribution in [0.1, 0.15) is 28.0 Å². The fraction of sp³-hybridized carbons (Fsp3) is 0.353. The van der Waals surface area contributed by atoms with E-state index in [9.17, 15) is 14.0 Å². The van der Waals surface area contributed by atoms with Gasteiger partial charge in [0.25, 0.3) is 11.5 Å². The number of H-pyrrole nitrogens is 1. The van der Waals surface area contributed by atoms with E-state index in [0.29, 0.717) is 24.6 Å². The molecule has 0 saturated carbocycles. The second-order valence-corrected chi connectivity index (χ2v) is 6.00. The van der Waals surface area contributed by atoms with E-state index < -0.39 is 0 Å². The number of rotatable bonds is 3. The Morgan fingerprint density at radius 3 is 2.91 bits per heavy atom. The van der Waals surface area contributed by atoms with Crippen molar-refractivity contribution in [3.63, 3.8) is 0 Å². The Hall–Kier alpha value is -2.50. The molecule has 0 aliphatic carbocycles. The predicted molar refractivity (Wildman–Crippen MR) is 83.7 cm³/mol. The topological polar surface area (TPSA) is 66.1 Å². The van der Waals surface area contributed by atoms with E-state index in [4.69, 9.17) is 0 Å². The molecule has 6 heteroatoms. The molecule has 1 N–H and O–H groups in total. The first-order valence-electron chi connectivity index (χ1n) is 7.63. The quantitative estimate of drug-likeness (QED) is 0.941. The second-order valence-electron chi connectivity index (χ2n) is 6.00. The van der Waals surface area contributed by atoms with Crippen LogP contribution in [0.15, 0.2) is 35.1 Å². The summed E-state index contributed by atoms with van der Waals surface area (Å²) in [5.74, 6) is -0.00766. The monoisotopic (exact) mass is 315 g/mol. The highest BCUT2D eigenvalue weighted by molar-refractivity contribution is 5.92. The number of amides is 1. The Morgan fingerprint density at radius 1 is 1.39 bits per heavy atom. The maximum atomic E-state index is 13.3. The van der Waals surface area contributed by atoms with Gasteiger partial charge in [-0.25, -0.2) is 9.49 Å². The molecular weight excluding hydrogens is 297 g/mol. The lowest BCUT2D eigenvalue weighted by Crippen LogP contribution is -2.30. The van der Waals surface area contributed by atoms with Gasteiger partial charge in [0.05, 0.1) is 0 Å². The van der Waals surface area contributed by atoms with Crippen molar-refractivity contribution >= 4 is 5.91 Å². The molecule has 0 spiro atoms. The third-order valence-corrected chi connectivity index (χ3v) is 4.22. The standard InChI is InChI=1S/C17H18FN3O2/c1-11-8-12(2-3-14(11)18)9-13-6-7-21(10-13)17(23)15-4-5-16(22)20-19-15/h2-5,8,13H,6-7,9-10H2,1H3,(H,20,22). The molecule has 0 bridgehead atoms. The molecule has 2 heterocycles. The fourth-order valence-corrected chi connectivity index (χ4v) is 2.98. The average molecular weight is 315 g/mol. The number of nitrogens with one attached hydrogen (secondary N) is 1. The second kappa shape index (κ2) is 6.32. The van der Waals surface area contributed by atoms with Gasteiger partial charge in [0.15, 0.2) is 0 Å². The highest BCUT2D eigenvalue weighted by Gasteiger charge is 2.27. The Labute approximate surface area is 133 Å². The van der Waals surface area contributed by atoms with Crippen LogP contribution in [-0.4, -0.2) is 34.1 Å². The average Bonchev–Trinajstić information content (AvgIpc) is 2.99. The van der Waals surface area contributed by atoms with E-state index in [-0.39, 0.29) is 23.0 Å². The lowest BCUT2D eigenvalue weighted by molar-refractivity contribution is 0.0780. The molecule has 1 aliphatic heterocycles. The largest absolute Gasteiger partial charge is 0.337 e. The SMILES string of the molecule is Cc1cc(CC2CCN(C(=O)c3ccc(=O)[nH]n3)C2)ccc1F. The maximum Gasteiger partial charge on any atom is 0.274 e. The molecule has 2 aromatic rings. The van der Waals surface area contributed by atoms with Crippen LogP contribution in [0.25, 0.3) is 0 Å². The van der Waals surface area contributed by atoms with E-state index >= 15 is 0 Å². The van der Waals surface area contributed by atoms with Crippen LogP contribution in [-0.2, 0) is 6.42 Å². The number of likely N-dealkylation sites (tertiary alicyclic amines) is 1. The highest BCUT2D eigenvalue weighted by atomic mass is 19.1. The summed E-state index contributed by atoms with van der Waals surface area (Å²) in [4.78, 5) is 25.1. The van der Waals surface area contributed by atoms with E-state index in [0.717, 1.165) is 18.4 Å². The summed E-state index contributed by atoms with van der Waals surface area (Å²) < 4.78 is 13.3. The van der Waals surface area contributed by atoms with Crippen LogP contribution < -0.4 is 5.56 Å². The van der Waals surface area contributed by atoms with Gasteiger partial charge in [0, 0.05) is 19.2 Å². The van der Waals surface area contributed by atoms with Gasteiger partial charge in [-0.3, -0.25) is 9.59 Å². The number of halogens is 1. The third kappa shape index (κ3) is 3.47. The molecule has 1 atom stereocenters. The van der Waals surface area contributed by atoms with Crippen LogP contribution in [0.5, 0.6) is 0 Å². The predicted octanol–water partition coefficient (Wildman–Crippen LogP) is 1.92. The molecule has 5 nitrogen and oxygen atoms in total. The number of hydrogen-bond donors (Lipinski definition) is 1. The first kappa shape index (κ1) is 15.4. The fourth-order valence-electron chi connectivity index (χ4n) is 2.98. The lowest BCUT2D eigenvalue weighted by Gasteiger charge is -2.16. The summed E-state index contributed by atoms with van der Waals surface area (Å²) in [5.41, 5.74) is 1.66. The van der Waals surface area contributed by atoms with Gasteiger partial charge in [-0.2, -0.15) is 5.10 Å². The molecule has 3 rings (SSSR count). The van der Waals surface area contributed by atoms with Gasteiger partial charge in [-0.05, 0) is 48.9 Å². The van der Waals surface area contributed by atoms with E-state index in [1.807, 2.05) is 6.07 Å². The summed E-state index contributed by atoms with van der Waals surface area (Å²) in [5, 5.41) is 6.06. The van der Waals surface area contributed by atoms with Crippen molar-refractivity contribution in [3.8, 4) is 0 Å². The van der Waals surface area contributed by atoms with Crippen molar-refractivity contribution < 1.29 is 9.18 Å². The third-order valence-electron chi connectivity index (χ3n) is 4.22. The summed E-state index contributed by atoms with van der Waals surface area (Å²) in [7, 11) is 0. The highest BCUT2D eigenvalue weighted by Crippen LogP contribution is 2.23. The van der Waals surface area contributed by atoms with Crippen molar-refractivity contribution in [2.45, 2.75) is 19.8 Å². The van der Waals surface area contributed by atoms with Gasteiger partial charge < -0.3 is 4.90 Å². The van der Waals surface area contributed by atoms with Crippen molar-refractivity contribution in [2.75, 3.05) is 13.1 Å². The van der Waals surface area contributed by atoms with Crippen molar-refractivity contribution in [1.82, 2.24) is 15.1 Å². The van der Waals surface area contributed by atoms with Gasteiger partial charge in [-0.15, -0.1) is 0 Å². The molecule has 1 aromatic carbocycles. The number of aromatic amines is 1. The summed E-state index contributed by atoms with van der Waals surface area (Å²) >= 11 is 0. The first-order valence-corrected chi connectivity index (χ1v) is 7.63. The smallest absolute Gasteiger partial charge is 0.274 e. The van der Waals surface area contributed by atoms with Crippen LogP contribution in [0.2, 0.25) is 0 Å². The Bertz CT molecular complexity index is 767. The molecule has 1 aliphatic rings. The summed E-state index contributed by atoms with van der Waals surface area (Å²) in [6.07, 6.45) is 1.73.